The SMILES string of the molecule is CCOc1ccc(C2(CNC(=O)c3csc(-c4cnn(C)c4)n3)CCOCC2)cc1. The molecule has 30 heavy (non-hydrogen) atoms. The summed E-state index contributed by atoms with van der Waals surface area (Å²) in [4.78, 5) is 17.3. The first-order chi connectivity index (χ1) is 14.6. The summed E-state index contributed by atoms with van der Waals surface area (Å²) in [5.41, 5.74) is 2.40. The zero-order valence-corrected chi connectivity index (χ0v) is 18.1. The molecule has 0 radical (unpaired) electrons. The van der Waals surface area contributed by atoms with E-state index in [0.717, 1.165) is 29.2 Å². The summed E-state index contributed by atoms with van der Waals surface area (Å²) in [6.45, 7) is 4.53. The third-order valence-corrected chi connectivity index (χ3v) is 6.39. The van der Waals surface area contributed by atoms with Gasteiger partial charge < -0.3 is 14.8 Å². The van der Waals surface area contributed by atoms with Crippen LogP contribution in [0.1, 0.15) is 35.8 Å². The number of aryl methyl sites for hydroxylation is 1. The molecule has 1 amide bonds. The molecule has 1 saturated heterocycles. The molecule has 1 aromatic carbocycles. The second-order valence-electron chi connectivity index (χ2n) is 7.47. The van der Waals surface area contributed by atoms with Crippen molar-refractivity contribution >= 4 is 17.2 Å². The molecule has 0 spiro atoms. The molecule has 0 unspecified atom stereocenters. The van der Waals surface area contributed by atoms with Gasteiger partial charge in [-0.2, -0.15) is 5.10 Å². The first-order valence-corrected chi connectivity index (χ1v) is 11.0. The fourth-order valence-electron chi connectivity index (χ4n) is 3.78. The molecule has 1 aliphatic rings. The number of nitrogens with one attached hydrogen (secondary N) is 1. The highest BCUT2D eigenvalue weighted by Gasteiger charge is 2.35. The Balaban J connectivity index is 1.47. The van der Waals surface area contributed by atoms with Gasteiger partial charge in [0, 0.05) is 49.4 Å². The zero-order chi connectivity index (χ0) is 21.0. The third kappa shape index (κ3) is 4.39. The molecule has 0 aliphatic carbocycles. The van der Waals surface area contributed by atoms with Gasteiger partial charge >= 0.3 is 0 Å². The van der Waals surface area contributed by atoms with Gasteiger partial charge in [0.2, 0.25) is 0 Å². The summed E-state index contributed by atoms with van der Waals surface area (Å²) in [6, 6.07) is 8.20. The first kappa shape index (κ1) is 20.6. The molecule has 0 bridgehead atoms. The van der Waals surface area contributed by atoms with E-state index in [-0.39, 0.29) is 11.3 Å². The third-order valence-electron chi connectivity index (χ3n) is 5.50. The van der Waals surface area contributed by atoms with E-state index in [9.17, 15) is 4.79 Å². The van der Waals surface area contributed by atoms with E-state index in [1.165, 1.54) is 16.9 Å². The maximum absolute atomic E-state index is 12.8. The molecule has 8 heteroatoms. The van der Waals surface area contributed by atoms with Crippen LogP contribution in [0.3, 0.4) is 0 Å². The van der Waals surface area contributed by atoms with Gasteiger partial charge in [-0.1, -0.05) is 12.1 Å². The van der Waals surface area contributed by atoms with Crippen molar-refractivity contribution in [3.63, 3.8) is 0 Å². The van der Waals surface area contributed by atoms with E-state index in [0.29, 0.717) is 32.1 Å². The average Bonchev–Trinajstić information content (AvgIpc) is 3.43. The number of aromatic nitrogens is 3. The Morgan fingerprint density at radius 1 is 1.30 bits per heavy atom. The maximum atomic E-state index is 12.8. The van der Waals surface area contributed by atoms with E-state index in [4.69, 9.17) is 9.47 Å². The van der Waals surface area contributed by atoms with Crippen LogP contribution in [-0.4, -0.2) is 47.0 Å². The predicted octanol–water partition coefficient (Wildman–Crippen LogP) is 3.42. The van der Waals surface area contributed by atoms with Crippen molar-refractivity contribution in [2.45, 2.75) is 25.2 Å². The Morgan fingerprint density at radius 3 is 2.73 bits per heavy atom. The average molecular weight is 427 g/mol. The van der Waals surface area contributed by atoms with Crippen LogP contribution in [0.2, 0.25) is 0 Å². The lowest BCUT2D eigenvalue weighted by Crippen LogP contribution is -2.44. The number of ether oxygens (including phenoxy) is 2. The van der Waals surface area contributed by atoms with Crippen LogP contribution in [0, 0.1) is 0 Å². The lowest BCUT2D eigenvalue weighted by atomic mass is 9.74. The Kier molecular flexibility index (Phi) is 6.15. The largest absolute Gasteiger partial charge is 0.494 e. The molecule has 3 heterocycles. The number of hydrogen-bond donors (Lipinski definition) is 1. The monoisotopic (exact) mass is 426 g/mol. The van der Waals surface area contributed by atoms with Gasteiger partial charge in [0.25, 0.3) is 5.91 Å². The van der Waals surface area contributed by atoms with Crippen LogP contribution in [0.4, 0.5) is 0 Å². The number of carbonyl (C=O) groups is 1. The van der Waals surface area contributed by atoms with Crippen LogP contribution >= 0.6 is 11.3 Å². The van der Waals surface area contributed by atoms with Gasteiger partial charge in [0.05, 0.1) is 12.8 Å². The quantitative estimate of drug-likeness (QED) is 0.626. The molecule has 3 aromatic rings. The zero-order valence-electron chi connectivity index (χ0n) is 17.3. The first-order valence-electron chi connectivity index (χ1n) is 10.1. The van der Waals surface area contributed by atoms with Crippen molar-refractivity contribution in [3.05, 3.63) is 53.3 Å². The number of hydrogen-bond acceptors (Lipinski definition) is 6. The molecule has 1 N–H and O–H groups in total. The number of thiazole rings is 1. The van der Waals surface area contributed by atoms with Crippen LogP contribution in [-0.2, 0) is 17.2 Å². The van der Waals surface area contributed by atoms with E-state index < -0.39 is 0 Å². The number of amides is 1. The van der Waals surface area contributed by atoms with Crippen LogP contribution < -0.4 is 10.1 Å². The standard InChI is InChI=1S/C22H26N4O3S/c1-3-29-18-6-4-17(5-7-18)22(8-10-28-11-9-22)15-23-20(27)19-14-30-21(25-19)16-12-24-26(2)13-16/h4-7,12-14H,3,8-11,15H2,1-2H3,(H,23,27). The van der Waals surface area contributed by atoms with Crippen molar-refractivity contribution in [2.24, 2.45) is 7.05 Å². The molecule has 4 rings (SSSR count). The summed E-state index contributed by atoms with van der Waals surface area (Å²) >= 11 is 1.45. The summed E-state index contributed by atoms with van der Waals surface area (Å²) in [5.74, 6) is 0.705. The highest BCUT2D eigenvalue weighted by atomic mass is 32.1. The lowest BCUT2D eigenvalue weighted by Gasteiger charge is -2.38. The Bertz CT molecular complexity index is 990. The van der Waals surface area contributed by atoms with Crippen molar-refractivity contribution in [2.75, 3.05) is 26.4 Å². The molecule has 0 atom stereocenters. The summed E-state index contributed by atoms with van der Waals surface area (Å²) in [6.07, 6.45) is 5.37. The minimum absolute atomic E-state index is 0.152. The molecule has 158 valence electrons. The van der Waals surface area contributed by atoms with Gasteiger partial charge in [0.1, 0.15) is 16.5 Å². The highest BCUT2D eigenvalue weighted by Crippen LogP contribution is 2.35. The summed E-state index contributed by atoms with van der Waals surface area (Å²) in [7, 11) is 1.86. The maximum Gasteiger partial charge on any atom is 0.270 e. The highest BCUT2D eigenvalue weighted by molar-refractivity contribution is 7.13. The number of rotatable bonds is 7. The van der Waals surface area contributed by atoms with E-state index in [1.807, 2.05) is 32.3 Å². The van der Waals surface area contributed by atoms with Crippen LogP contribution in [0.5, 0.6) is 5.75 Å². The van der Waals surface area contributed by atoms with Gasteiger partial charge in [-0.15, -0.1) is 11.3 Å². The Labute approximate surface area is 180 Å². The normalized spacial score (nSPS) is 15.7. The Hall–Kier alpha value is -2.71. The fraction of sp³-hybridized carbons (Fsp3) is 0.409. The van der Waals surface area contributed by atoms with Gasteiger partial charge in [0.15, 0.2) is 0 Å². The molecular formula is C22H26N4O3S. The fourth-order valence-corrected chi connectivity index (χ4v) is 4.56. The van der Waals surface area contributed by atoms with Crippen molar-refractivity contribution in [3.8, 4) is 16.3 Å². The smallest absolute Gasteiger partial charge is 0.270 e. The topological polar surface area (TPSA) is 78.3 Å². The molecule has 2 aromatic heterocycles. The lowest BCUT2D eigenvalue weighted by molar-refractivity contribution is 0.0486. The molecule has 1 fully saturated rings. The second-order valence-corrected chi connectivity index (χ2v) is 8.33. The van der Waals surface area contributed by atoms with Gasteiger partial charge in [-0.25, -0.2) is 4.98 Å². The minimum atomic E-state index is -0.154. The number of benzene rings is 1. The summed E-state index contributed by atoms with van der Waals surface area (Å²) in [5, 5.41) is 9.87. The minimum Gasteiger partial charge on any atom is -0.494 e. The van der Waals surface area contributed by atoms with Crippen molar-refractivity contribution < 1.29 is 14.3 Å². The molecular weight excluding hydrogens is 400 g/mol. The predicted molar refractivity (Wildman–Crippen MR) is 116 cm³/mol. The van der Waals surface area contributed by atoms with Gasteiger partial charge in [-0.05, 0) is 37.5 Å². The van der Waals surface area contributed by atoms with Crippen molar-refractivity contribution in [1.82, 2.24) is 20.1 Å². The molecule has 0 saturated carbocycles. The number of carbonyl (C=O) groups excluding carboxylic acids is 1. The second kappa shape index (κ2) is 8.97. The van der Waals surface area contributed by atoms with E-state index >= 15 is 0 Å². The Morgan fingerprint density at radius 2 is 2.07 bits per heavy atom. The van der Waals surface area contributed by atoms with Crippen LogP contribution in [0.15, 0.2) is 42.0 Å². The van der Waals surface area contributed by atoms with E-state index in [1.54, 1.807) is 16.3 Å². The molecule has 1 aliphatic heterocycles. The van der Waals surface area contributed by atoms with Crippen molar-refractivity contribution in [1.29, 1.82) is 0 Å². The van der Waals surface area contributed by atoms with E-state index in [2.05, 4.69) is 27.5 Å². The van der Waals surface area contributed by atoms with Gasteiger partial charge in [-0.3, -0.25) is 9.48 Å². The summed E-state index contributed by atoms with van der Waals surface area (Å²) < 4.78 is 12.9. The van der Waals surface area contributed by atoms with Crippen LogP contribution in [0.25, 0.3) is 10.6 Å². The number of nitrogens with zero attached hydrogens (tertiary/aromatic N) is 3. The molecule has 7 nitrogen and oxygen atoms in total.